The van der Waals surface area contributed by atoms with Crippen LogP contribution in [0.3, 0.4) is 0 Å². The highest BCUT2D eigenvalue weighted by Gasteiger charge is 2.26. The van der Waals surface area contributed by atoms with E-state index in [0.29, 0.717) is 40.9 Å². The van der Waals surface area contributed by atoms with Crippen LogP contribution in [0.15, 0.2) is 77.9 Å². The normalized spacial score (nSPS) is 15.8. The second-order valence-electron chi connectivity index (χ2n) is 10.2. The number of ether oxygens (including phenoxy) is 1. The number of benzene rings is 2. The molecule has 0 amide bonds. The third kappa shape index (κ3) is 5.92. The summed E-state index contributed by atoms with van der Waals surface area (Å²) in [6.45, 7) is 4.59. The first-order chi connectivity index (χ1) is 18.8. The summed E-state index contributed by atoms with van der Waals surface area (Å²) in [4.78, 5) is 24.2. The lowest BCUT2D eigenvalue weighted by molar-refractivity contribution is 0.159. The quantitative estimate of drug-likeness (QED) is 0.344. The largest absolute Gasteiger partial charge is 0.490 e. The average molecular weight is 516 g/mol. The summed E-state index contributed by atoms with van der Waals surface area (Å²) in [5.41, 5.74) is 1.60. The second kappa shape index (κ2) is 11.2. The van der Waals surface area contributed by atoms with Crippen molar-refractivity contribution in [1.82, 2.24) is 24.6 Å². The van der Waals surface area contributed by atoms with Gasteiger partial charge < -0.3 is 9.64 Å². The van der Waals surface area contributed by atoms with Gasteiger partial charge in [-0.1, -0.05) is 30.3 Å². The maximum atomic E-state index is 12.9. The van der Waals surface area contributed by atoms with Gasteiger partial charge in [0.25, 0.3) is 5.56 Å². The molecule has 1 atom stereocenters. The van der Waals surface area contributed by atoms with Crippen LogP contribution in [0.5, 0.6) is 5.75 Å². The van der Waals surface area contributed by atoms with Crippen LogP contribution < -0.4 is 10.3 Å². The van der Waals surface area contributed by atoms with Crippen molar-refractivity contribution < 1.29 is 4.74 Å². The van der Waals surface area contributed by atoms with Gasteiger partial charge in [0.1, 0.15) is 7.85 Å². The van der Waals surface area contributed by atoms with Gasteiger partial charge in [0.05, 0.1) is 36.3 Å². The van der Waals surface area contributed by atoms with E-state index >= 15 is 0 Å². The van der Waals surface area contributed by atoms with E-state index in [1.54, 1.807) is 43.6 Å². The maximum absolute atomic E-state index is 12.9. The molecule has 2 aromatic carbocycles. The molecule has 194 valence electrons. The third-order valence-electron chi connectivity index (χ3n) is 7.18. The molecule has 39 heavy (non-hydrogen) atoms. The first-order valence-electron chi connectivity index (χ1n) is 13.0. The minimum atomic E-state index is -1.26. The summed E-state index contributed by atoms with van der Waals surface area (Å²) in [5.74, 6) is 1.72. The highest BCUT2D eigenvalue weighted by atomic mass is 16.5. The highest BCUT2D eigenvalue weighted by Crippen LogP contribution is 2.27. The summed E-state index contributed by atoms with van der Waals surface area (Å²) in [6.07, 6.45) is 5.65. The number of nitrogens with zero attached hydrogens (tertiary/aromatic N) is 6. The van der Waals surface area contributed by atoms with Crippen LogP contribution in [0.1, 0.15) is 30.9 Å². The molecule has 0 saturated carbocycles. The van der Waals surface area contributed by atoms with Crippen LogP contribution in [-0.2, 0) is 5.44 Å². The zero-order chi connectivity index (χ0) is 27.4. The van der Waals surface area contributed by atoms with Crippen LogP contribution >= 0.6 is 0 Å². The predicted molar refractivity (Wildman–Crippen MR) is 150 cm³/mol. The third-order valence-corrected chi connectivity index (χ3v) is 7.18. The molecule has 1 aliphatic heterocycles. The van der Waals surface area contributed by atoms with Crippen LogP contribution in [0, 0.1) is 17.2 Å². The molecule has 1 saturated heterocycles. The molecule has 0 spiro atoms. The monoisotopic (exact) mass is 516 g/mol. The topological polar surface area (TPSA) is 96.9 Å². The van der Waals surface area contributed by atoms with Crippen molar-refractivity contribution in [3.63, 3.8) is 0 Å². The standard InChI is InChI=1S/C30H29BN6O2/c1-30(31,37-28(38)10-9-27(35-37)23-6-3-5-22(15-23)17-32)25-8-4-7-24(16-25)29-33-18-26(19-34-29)39-20-21-11-13-36(2)14-12-21/h3-10,15-16,18-19,21H,11-14,20H2,1-2H3/t30-/m1/s1. The Morgan fingerprint density at radius 2 is 1.77 bits per heavy atom. The van der Waals surface area contributed by atoms with E-state index in [9.17, 15) is 10.1 Å². The second-order valence-corrected chi connectivity index (χ2v) is 10.2. The number of likely N-dealkylation sites (tertiary alicyclic amines) is 1. The van der Waals surface area contributed by atoms with Crippen molar-refractivity contribution >= 4 is 7.85 Å². The van der Waals surface area contributed by atoms with E-state index in [1.807, 2.05) is 30.3 Å². The minimum Gasteiger partial charge on any atom is -0.490 e. The molecule has 1 aliphatic rings. The Bertz CT molecular complexity index is 1550. The molecule has 1 fully saturated rings. The van der Waals surface area contributed by atoms with Gasteiger partial charge >= 0.3 is 0 Å². The average Bonchev–Trinajstić information content (AvgIpc) is 2.97. The zero-order valence-corrected chi connectivity index (χ0v) is 22.1. The van der Waals surface area contributed by atoms with Gasteiger partial charge in [-0.05, 0) is 75.6 Å². The van der Waals surface area contributed by atoms with Crippen molar-refractivity contribution in [2.75, 3.05) is 26.7 Å². The lowest BCUT2D eigenvalue weighted by Crippen LogP contribution is -2.41. The van der Waals surface area contributed by atoms with Crippen LogP contribution in [0.2, 0.25) is 0 Å². The van der Waals surface area contributed by atoms with Gasteiger partial charge in [-0.2, -0.15) is 10.4 Å². The van der Waals surface area contributed by atoms with E-state index in [1.165, 1.54) is 10.7 Å². The molecule has 5 rings (SSSR count). The summed E-state index contributed by atoms with van der Waals surface area (Å²) >= 11 is 0. The Morgan fingerprint density at radius 1 is 1.05 bits per heavy atom. The minimum absolute atomic E-state index is 0.340. The Hall–Kier alpha value is -4.29. The molecule has 0 unspecified atom stereocenters. The Balaban J connectivity index is 1.36. The molecule has 0 N–H and O–H groups in total. The fraction of sp³-hybridized carbons (Fsp3) is 0.300. The van der Waals surface area contributed by atoms with Crippen LogP contribution in [-0.4, -0.2) is 59.2 Å². The van der Waals surface area contributed by atoms with Crippen molar-refractivity contribution in [1.29, 1.82) is 5.26 Å². The number of hydrogen-bond acceptors (Lipinski definition) is 7. The first-order valence-corrected chi connectivity index (χ1v) is 13.0. The summed E-state index contributed by atoms with van der Waals surface area (Å²) in [7, 11) is 8.89. The lowest BCUT2D eigenvalue weighted by Gasteiger charge is -2.28. The lowest BCUT2D eigenvalue weighted by atomic mass is 9.73. The summed E-state index contributed by atoms with van der Waals surface area (Å²) in [6, 6.07) is 19.7. The molecule has 2 aromatic heterocycles. The van der Waals surface area contributed by atoms with Crippen molar-refractivity contribution in [3.05, 3.63) is 94.5 Å². The number of piperidine rings is 1. The smallest absolute Gasteiger partial charge is 0.266 e. The number of aromatic nitrogens is 4. The molecule has 0 bridgehead atoms. The Kier molecular flexibility index (Phi) is 7.57. The van der Waals surface area contributed by atoms with E-state index in [4.69, 9.17) is 12.6 Å². The molecular formula is C30H29BN6O2. The molecule has 3 heterocycles. The molecular weight excluding hydrogens is 487 g/mol. The molecule has 9 heteroatoms. The zero-order valence-electron chi connectivity index (χ0n) is 22.1. The van der Waals surface area contributed by atoms with Crippen molar-refractivity contribution in [2.24, 2.45) is 5.92 Å². The Labute approximate surface area is 229 Å². The predicted octanol–water partition coefficient (Wildman–Crippen LogP) is 3.85. The van der Waals surface area contributed by atoms with E-state index in [2.05, 4.69) is 33.1 Å². The number of hydrogen-bond donors (Lipinski definition) is 0. The van der Waals surface area contributed by atoms with E-state index in [0.717, 1.165) is 37.1 Å². The maximum Gasteiger partial charge on any atom is 0.266 e. The molecule has 2 radical (unpaired) electrons. The van der Waals surface area contributed by atoms with Gasteiger partial charge in [0.2, 0.25) is 0 Å². The van der Waals surface area contributed by atoms with Crippen molar-refractivity contribution in [2.45, 2.75) is 25.2 Å². The molecule has 8 nitrogen and oxygen atoms in total. The van der Waals surface area contributed by atoms with Gasteiger partial charge in [-0.25, -0.2) is 14.6 Å². The van der Waals surface area contributed by atoms with Gasteiger partial charge in [0.15, 0.2) is 11.6 Å². The number of nitriles is 1. The molecule has 0 aliphatic carbocycles. The fourth-order valence-corrected chi connectivity index (χ4v) is 4.72. The van der Waals surface area contributed by atoms with E-state index in [-0.39, 0.29) is 5.56 Å². The number of rotatable bonds is 7. The SMILES string of the molecule is [B][C@@](C)(c1cccc(-c2ncc(OCC3CCN(C)CC3)cn2)c1)n1nc(-c2cccc(C#N)c2)ccc1=O. The fourth-order valence-electron chi connectivity index (χ4n) is 4.72. The van der Waals surface area contributed by atoms with Gasteiger partial charge in [-0.3, -0.25) is 4.79 Å². The highest BCUT2D eigenvalue weighted by molar-refractivity contribution is 6.15. The first kappa shape index (κ1) is 26.3. The van der Waals surface area contributed by atoms with Crippen molar-refractivity contribution in [3.8, 4) is 34.5 Å². The summed E-state index contributed by atoms with van der Waals surface area (Å²) < 4.78 is 7.22. The van der Waals surface area contributed by atoms with E-state index < -0.39 is 5.44 Å². The van der Waals surface area contributed by atoms with Crippen LogP contribution in [0.4, 0.5) is 0 Å². The Morgan fingerprint density at radius 3 is 2.51 bits per heavy atom. The summed E-state index contributed by atoms with van der Waals surface area (Å²) in [5, 5.41) is 13.8. The van der Waals surface area contributed by atoms with Gasteiger partial charge in [0, 0.05) is 22.6 Å². The van der Waals surface area contributed by atoms with Crippen LogP contribution in [0.25, 0.3) is 22.6 Å². The molecule has 4 aromatic rings. The van der Waals surface area contributed by atoms with Gasteiger partial charge in [-0.15, -0.1) is 0 Å².